The molecule has 0 saturated heterocycles. The fourth-order valence-corrected chi connectivity index (χ4v) is 4.51. The molecule has 6 nitrogen and oxygen atoms in total. The van der Waals surface area contributed by atoms with E-state index in [1.807, 2.05) is 0 Å². The largest absolute Gasteiger partial charge is 0.478 e. The van der Waals surface area contributed by atoms with E-state index in [0.717, 1.165) is 25.7 Å². The number of ether oxygens (including phenoxy) is 1. The molecule has 1 saturated carbocycles. The van der Waals surface area contributed by atoms with E-state index < -0.39 is 16.0 Å². The van der Waals surface area contributed by atoms with Gasteiger partial charge in [0.2, 0.25) is 10.0 Å². The number of sulfonamides is 1. The van der Waals surface area contributed by atoms with Gasteiger partial charge in [-0.1, -0.05) is 12.8 Å². The Morgan fingerprint density at radius 2 is 1.87 bits per heavy atom. The van der Waals surface area contributed by atoms with E-state index in [4.69, 9.17) is 9.84 Å². The smallest absolute Gasteiger partial charge is 0.335 e. The van der Waals surface area contributed by atoms with Gasteiger partial charge in [-0.05, 0) is 43.0 Å². The summed E-state index contributed by atoms with van der Waals surface area (Å²) >= 11 is 0. The van der Waals surface area contributed by atoms with Crippen LogP contribution in [-0.2, 0) is 14.8 Å². The lowest BCUT2D eigenvalue weighted by Gasteiger charge is -2.26. The summed E-state index contributed by atoms with van der Waals surface area (Å²) in [5, 5.41) is 8.90. The first-order valence-corrected chi connectivity index (χ1v) is 9.29. The highest BCUT2D eigenvalue weighted by molar-refractivity contribution is 7.92. The zero-order valence-corrected chi connectivity index (χ0v) is 14.3. The third kappa shape index (κ3) is 4.23. The summed E-state index contributed by atoms with van der Waals surface area (Å²) in [6.07, 6.45) is 3.95. The average Bonchev–Trinajstić information content (AvgIpc) is 3.06. The van der Waals surface area contributed by atoms with Crippen molar-refractivity contribution in [1.29, 1.82) is 0 Å². The standard InChI is InChI=1S/C16H23NO5S/c1-17(14-9-7-13(8-10-14)16(18)19)23(20,21)11-15(22-2)12-5-3-4-6-12/h7-10,12,15H,3-6,11H2,1-2H3,(H,18,19). The lowest BCUT2D eigenvalue weighted by Crippen LogP contribution is -2.37. The molecule has 1 unspecified atom stereocenters. The molecule has 0 bridgehead atoms. The van der Waals surface area contributed by atoms with Crippen molar-refractivity contribution in [3.05, 3.63) is 29.8 Å². The van der Waals surface area contributed by atoms with E-state index in [1.165, 1.54) is 35.6 Å². The minimum absolute atomic E-state index is 0.0641. The number of methoxy groups -OCH3 is 1. The molecule has 0 amide bonds. The van der Waals surface area contributed by atoms with Crippen LogP contribution in [0.3, 0.4) is 0 Å². The first-order valence-electron chi connectivity index (χ1n) is 7.68. The lowest BCUT2D eigenvalue weighted by atomic mass is 10.0. The topological polar surface area (TPSA) is 83.9 Å². The van der Waals surface area contributed by atoms with Crippen LogP contribution in [0.15, 0.2) is 24.3 Å². The van der Waals surface area contributed by atoms with Crippen LogP contribution in [0.5, 0.6) is 0 Å². The van der Waals surface area contributed by atoms with Gasteiger partial charge in [0.25, 0.3) is 0 Å². The van der Waals surface area contributed by atoms with Gasteiger partial charge in [0.05, 0.1) is 23.1 Å². The summed E-state index contributed by atoms with van der Waals surface area (Å²) < 4.78 is 31.8. The maximum atomic E-state index is 12.6. The number of carboxylic acids is 1. The van der Waals surface area contributed by atoms with Crippen molar-refractivity contribution in [2.24, 2.45) is 5.92 Å². The van der Waals surface area contributed by atoms with Crippen molar-refractivity contribution in [2.75, 3.05) is 24.2 Å². The molecule has 2 rings (SSSR count). The van der Waals surface area contributed by atoms with Crippen LogP contribution in [0, 0.1) is 5.92 Å². The first-order chi connectivity index (χ1) is 10.8. The van der Waals surface area contributed by atoms with Crippen LogP contribution in [0.4, 0.5) is 5.69 Å². The van der Waals surface area contributed by atoms with Gasteiger partial charge in [-0.15, -0.1) is 0 Å². The van der Waals surface area contributed by atoms with Crippen LogP contribution in [0.1, 0.15) is 36.0 Å². The van der Waals surface area contributed by atoms with Gasteiger partial charge in [-0.2, -0.15) is 0 Å². The highest BCUT2D eigenvalue weighted by Gasteiger charge is 2.31. The number of aromatic carboxylic acids is 1. The van der Waals surface area contributed by atoms with Crippen molar-refractivity contribution in [3.63, 3.8) is 0 Å². The average molecular weight is 341 g/mol. The quantitative estimate of drug-likeness (QED) is 0.823. The summed E-state index contributed by atoms with van der Waals surface area (Å²) in [5.74, 6) is -0.814. The van der Waals surface area contributed by atoms with Gasteiger partial charge in [0.1, 0.15) is 0 Å². The van der Waals surface area contributed by atoms with Gasteiger partial charge < -0.3 is 9.84 Å². The third-order valence-corrected chi connectivity index (χ3v) is 6.29. The van der Waals surface area contributed by atoms with Crippen molar-refractivity contribution < 1.29 is 23.1 Å². The summed E-state index contributed by atoms with van der Waals surface area (Å²) in [6.45, 7) is 0. The SMILES string of the molecule is COC(CS(=O)(=O)N(C)c1ccc(C(=O)O)cc1)C1CCCC1. The van der Waals surface area contributed by atoms with Crippen molar-refractivity contribution in [2.45, 2.75) is 31.8 Å². The molecule has 0 spiro atoms. The van der Waals surface area contributed by atoms with Crippen LogP contribution in [0.25, 0.3) is 0 Å². The molecule has 0 radical (unpaired) electrons. The van der Waals surface area contributed by atoms with E-state index in [2.05, 4.69) is 0 Å². The number of benzene rings is 1. The number of hydrogen-bond acceptors (Lipinski definition) is 4. The van der Waals surface area contributed by atoms with Gasteiger partial charge in [-0.25, -0.2) is 13.2 Å². The summed E-state index contributed by atoms with van der Waals surface area (Å²) in [4.78, 5) is 10.9. The molecule has 0 aliphatic heterocycles. The van der Waals surface area contributed by atoms with Gasteiger partial charge >= 0.3 is 5.97 Å². The van der Waals surface area contributed by atoms with E-state index >= 15 is 0 Å². The van der Waals surface area contributed by atoms with Gasteiger partial charge in [0.15, 0.2) is 0 Å². The van der Waals surface area contributed by atoms with E-state index in [0.29, 0.717) is 5.69 Å². The molecule has 7 heteroatoms. The van der Waals surface area contributed by atoms with Gasteiger partial charge in [0, 0.05) is 14.2 Å². The fourth-order valence-electron chi connectivity index (χ4n) is 3.02. The monoisotopic (exact) mass is 341 g/mol. The third-order valence-electron chi connectivity index (χ3n) is 4.50. The summed E-state index contributed by atoms with van der Waals surface area (Å²) in [7, 11) is -0.500. The molecular weight excluding hydrogens is 318 g/mol. The minimum atomic E-state index is -3.53. The molecule has 1 fully saturated rings. The van der Waals surface area contributed by atoms with Crippen LogP contribution in [-0.4, -0.2) is 45.5 Å². The highest BCUT2D eigenvalue weighted by Crippen LogP contribution is 2.30. The maximum Gasteiger partial charge on any atom is 0.335 e. The van der Waals surface area contributed by atoms with E-state index in [9.17, 15) is 13.2 Å². The van der Waals surface area contributed by atoms with Crippen LogP contribution >= 0.6 is 0 Å². The second-order valence-electron chi connectivity index (χ2n) is 5.92. The second kappa shape index (κ2) is 7.31. The van der Waals surface area contributed by atoms with Crippen molar-refractivity contribution >= 4 is 21.7 Å². The molecule has 0 heterocycles. The number of hydrogen-bond donors (Lipinski definition) is 1. The molecule has 23 heavy (non-hydrogen) atoms. The van der Waals surface area contributed by atoms with E-state index in [1.54, 1.807) is 7.11 Å². The summed E-state index contributed by atoms with van der Waals surface area (Å²) in [5.41, 5.74) is 0.566. The molecule has 128 valence electrons. The maximum absolute atomic E-state index is 12.6. The molecule has 0 aromatic heterocycles. The summed E-state index contributed by atoms with van der Waals surface area (Å²) in [6, 6.07) is 5.79. The minimum Gasteiger partial charge on any atom is -0.478 e. The predicted molar refractivity (Wildman–Crippen MR) is 88.3 cm³/mol. The number of rotatable bonds is 7. The number of anilines is 1. The molecular formula is C16H23NO5S. The van der Waals surface area contributed by atoms with E-state index in [-0.39, 0.29) is 23.3 Å². The number of carbonyl (C=O) groups is 1. The fraction of sp³-hybridized carbons (Fsp3) is 0.562. The molecule has 1 aliphatic carbocycles. The molecule has 1 atom stereocenters. The second-order valence-corrected chi connectivity index (χ2v) is 7.96. The number of carboxylic acid groups (broad SMARTS) is 1. The van der Waals surface area contributed by atoms with Gasteiger partial charge in [-0.3, -0.25) is 4.31 Å². The predicted octanol–water partition coefficient (Wildman–Crippen LogP) is 2.36. The van der Waals surface area contributed by atoms with Crippen LogP contribution < -0.4 is 4.31 Å². The molecule has 1 aromatic carbocycles. The Labute approximate surface area is 137 Å². The zero-order valence-electron chi connectivity index (χ0n) is 13.4. The Balaban J connectivity index is 2.12. The Morgan fingerprint density at radius 1 is 1.30 bits per heavy atom. The Kier molecular flexibility index (Phi) is 5.64. The Morgan fingerprint density at radius 3 is 2.35 bits per heavy atom. The number of nitrogens with zero attached hydrogens (tertiary/aromatic N) is 1. The zero-order chi connectivity index (χ0) is 17.0. The Bertz CT molecular complexity index is 635. The normalized spacial score (nSPS) is 17.1. The first kappa shape index (κ1) is 17.7. The van der Waals surface area contributed by atoms with Crippen molar-refractivity contribution in [1.82, 2.24) is 0 Å². The molecule has 1 aromatic rings. The van der Waals surface area contributed by atoms with Crippen LogP contribution in [0.2, 0.25) is 0 Å². The molecule has 1 N–H and O–H groups in total. The lowest BCUT2D eigenvalue weighted by molar-refractivity contribution is 0.0696. The molecule has 1 aliphatic rings. The highest BCUT2D eigenvalue weighted by atomic mass is 32.2. The Hall–Kier alpha value is -1.60. The van der Waals surface area contributed by atoms with Crippen molar-refractivity contribution in [3.8, 4) is 0 Å².